The van der Waals surface area contributed by atoms with Gasteiger partial charge in [0.25, 0.3) is 0 Å². The molecule has 1 aromatic heterocycles. The van der Waals surface area contributed by atoms with Crippen LogP contribution in [0, 0.1) is 12.8 Å². The van der Waals surface area contributed by atoms with E-state index in [-0.39, 0.29) is 11.8 Å². The lowest BCUT2D eigenvalue weighted by Gasteiger charge is -2.32. The van der Waals surface area contributed by atoms with E-state index in [9.17, 15) is 4.79 Å². The molecule has 0 aliphatic carbocycles. The average molecular weight is 403 g/mol. The molecule has 1 N–H and O–H groups in total. The van der Waals surface area contributed by atoms with Gasteiger partial charge in [0.1, 0.15) is 0 Å². The lowest BCUT2D eigenvalue weighted by atomic mass is 9.96. The third kappa shape index (κ3) is 5.36. The molecule has 0 spiro atoms. The standard InChI is InChI=1S/C25H30N4O/c1-20-5-2-3-6-23(20)17-28-13-4-7-24(18-28)25(30)27-15-21-8-10-22(11-9-21)16-29-14-12-26-19-29/h2-3,5-6,8-12,14,19,24H,4,7,13,15-18H2,1H3,(H,27,30). The number of likely N-dealkylation sites (tertiary alicyclic amines) is 1. The maximum atomic E-state index is 12.8. The predicted molar refractivity (Wildman–Crippen MR) is 119 cm³/mol. The van der Waals surface area contributed by atoms with Crippen LogP contribution in [0.1, 0.15) is 35.1 Å². The molecular weight excluding hydrogens is 372 g/mol. The summed E-state index contributed by atoms with van der Waals surface area (Å²) in [5, 5.41) is 3.15. The highest BCUT2D eigenvalue weighted by Crippen LogP contribution is 2.20. The fourth-order valence-electron chi connectivity index (χ4n) is 4.13. The molecule has 1 amide bonds. The molecule has 5 nitrogen and oxygen atoms in total. The Morgan fingerprint density at radius 1 is 1.10 bits per heavy atom. The highest BCUT2D eigenvalue weighted by molar-refractivity contribution is 5.79. The molecule has 0 saturated carbocycles. The normalized spacial score (nSPS) is 17.0. The largest absolute Gasteiger partial charge is 0.352 e. The second kappa shape index (κ2) is 9.72. The van der Waals surface area contributed by atoms with Crippen LogP contribution in [0.5, 0.6) is 0 Å². The van der Waals surface area contributed by atoms with Gasteiger partial charge in [-0.05, 0) is 48.6 Å². The third-order valence-electron chi connectivity index (χ3n) is 5.95. The van der Waals surface area contributed by atoms with Crippen molar-refractivity contribution in [3.8, 4) is 0 Å². The van der Waals surface area contributed by atoms with Crippen molar-refractivity contribution in [3.05, 3.63) is 89.5 Å². The van der Waals surface area contributed by atoms with Crippen molar-refractivity contribution in [2.24, 2.45) is 5.92 Å². The number of carbonyl (C=O) groups excluding carboxylic acids is 1. The number of nitrogens with one attached hydrogen (secondary N) is 1. The number of piperidine rings is 1. The van der Waals surface area contributed by atoms with E-state index in [1.807, 2.05) is 17.1 Å². The number of hydrogen-bond acceptors (Lipinski definition) is 3. The van der Waals surface area contributed by atoms with Crippen molar-refractivity contribution in [1.29, 1.82) is 0 Å². The zero-order chi connectivity index (χ0) is 20.8. The number of hydrogen-bond donors (Lipinski definition) is 1. The highest BCUT2D eigenvalue weighted by Gasteiger charge is 2.25. The molecule has 5 heteroatoms. The molecule has 30 heavy (non-hydrogen) atoms. The summed E-state index contributed by atoms with van der Waals surface area (Å²) < 4.78 is 2.04. The Morgan fingerprint density at radius 2 is 1.90 bits per heavy atom. The van der Waals surface area contributed by atoms with E-state index in [0.717, 1.165) is 44.6 Å². The van der Waals surface area contributed by atoms with Gasteiger partial charge in [0.2, 0.25) is 5.91 Å². The van der Waals surface area contributed by atoms with Crippen LogP contribution in [0.2, 0.25) is 0 Å². The summed E-state index contributed by atoms with van der Waals surface area (Å²) >= 11 is 0. The zero-order valence-electron chi connectivity index (χ0n) is 17.6. The number of aryl methyl sites for hydroxylation is 1. The number of benzene rings is 2. The smallest absolute Gasteiger partial charge is 0.224 e. The second-order valence-corrected chi connectivity index (χ2v) is 8.27. The Labute approximate surface area is 178 Å². The second-order valence-electron chi connectivity index (χ2n) is 8.27. The van der Waals surface area contributed by atoms with Gasteiger partial charge >= 0.3 is 0 Å². The van der Waals surface area contributed by atoms with Crippen LogP contribution in [0.15, 0.2) is 67.3 Å². The van der Waals surface area contributed by atoms with Crippen molar-refractivity contribution in [3.63, 3.8) is 0 Å². The summed E-state index contributed by atoms with van der Waals surface area (Å²) in [5.74, 6) is 0.246. The van der Waals surface area contributed by atoms with Gasteiger partial charge in [-0.25, -0.2) is 4.98 Å². The molecule has 156 valence electrons. The van der Waals surface area contributed by atoms with E-state index in [4.69, 9.17) is 0 Å². The minimum absolute atomic E-state index is 0.0725. The third-order valence-corrected chi connectivity index (χ3v) is 5.95. The first-order valence-corrected chi connectivity index (χ1v) is 10.8. The van der Waals surface area contributed by atoms with E-state index in [2.05, 4.69) is 70.7 Å². The topological polar surface area (TPSA) is 50.2 Å². The fraction of sp³-hybridized carbons (Fsp3) is 0.360. The Hall–Kier alpha value is -2.92. The molecular formula is C25H30N4O. The molecule has 1 unspecified atom stereocenters. The molecule has 2 heterocycles. The monoisotopic (exact) mass is 402 g/mol. The van der Waals surface area contributed by atoms with Crippen molar-refractivity contribution < 1.29 is 4.79 Å². The number of amides is 1. The van der Waals surface area contributed by atoms with Gasteiger partial charge in [-0.1, -0.05) is 48.5 Å². The molecule has 0 bridgehead atoms. The van der Waals surface area contributed by atoms with Crippen LogP contribution in [-0.2, 0) is 24.4 Å². The van der Waals surface area contributed by atoms with Crippen molar-refractivity contribution in [2.45, 2.75) is 39.4 Å². The number of imidazole rings is 1. The Balaban J connectivity index is 1.26. The summed E-state index contributed by atoms with van der Waals surface area (Å²) in [6, 6.07) is 16.9. The van der Waals surface area contributed by atoms with Gasteiger partial charge in [0, 0.05) is 38.6 Å². The predicted octanol–water partition coefficient (Wildman–Crippen LogP) is 3.77. The summed E-state index contributed by atoms with van der Waals surface area (Å²) in [4.78, 5) is 19.3. The quantitative estimate of drug-likeness (QED) is 0.655. The molecule has 1 aliphatic rings. The first-order chi connectivity index (χ1) is 14.7. The van der Waals surface area contributed by atoms with Crippen LogP contribution in [0.3, 0.4) is 0 Å². The molecule has 2 aromatic carbocycles. The van der Waals surface area contributed by atoms with Crippen LogP contribution in [0.4, 0.5) is 0 Å². The Bertz CT molecular complexity index is 950. The van der Waals surface area contributed by atoms with Crippen LogP contribution in [-0.4, -0.2) is 33.4 Å². The molecule has 1 atom stereocenters. The summed E-state index contributed by atoms with van der Waals surface area (Å²) in [6.07, 6.45) is 7.62. The van der Waals surface area contributed by atoms with Crippen molar-refractivity contribution in [2.75, 3.05) is 13.1 Å². The molecule has 1 aliphatic heterocycles. The molecule has 4 rings (SSSR count). The fourth-order valence-corrected chi connectivity index (χ4v) is 4.13. The summed E-state index contributed by atoms with van der Waals surface area (Å²) in [5.41, 5.74) is 5.03. The van der Waals surface area contributed by atoms with Crippen LogP contribution in [0.25, 0.3) is 0 Å². The van der Waals surface area contributed by atoms with E-state index >= 15 is 0 Å². The molecule has 0 radical (unpaired) electrons. The van der Waals surface area contributed by atoms with E-state index in [1.54, 1.807) is 6.20 Å². The lowest BCUT2D eigenvalue weighted by molar-refractivity contribution is -0.126. The summed E-state index contributed by atoms with van der Waals surface area (Å²) in [7, 11) is 0. The van der Waals surface area contributed by atoms with Gasteiger partial charge in [0.05, 0.1) is 12.2 Å². The molecule has 3 aromatic rings. The van der Waals surface area contributed by atoms with Crippen molar-refractivity contribution in [1.82, 2.24) is 19.8 Å². The Morgan fingerprint density at radius 3 is 2.67 bits per heavy atom. The van der Waals surface area contributed by atoms with E-state index in [0.29, 0.717) is 6.54 Å². The minimum atomic E-state index is 0.0725. The summed E-state index contributed by atoms with van der Waals surface area (Å²) in [6.45, 7) is 6.38. The maximum Gasteiger partial charge on any atom is 0.224 e. The van der Waals surface area contributed by atoms with Crippen LogP contribution >= 0.6 is 0 Å². The number of aromatic nitrogens is 2. The van der Waals surface area contributed by atoms with Gasteiger partial charge in [-0.15, -0.1) is 0 Å². The SMILES string of the molecule is Cc1ccccc1CN1CCCC(C(=O)NCc2ccc(Cn3ccnc3)cc2)C1. The highest BCUT2D eigenvalue weighted by atomic mass is 16.1. The number of nitrogens with zero attached hydrogens (tertiary/aromatic N) is 3. The number of rotatable bonds is 7. The first kappa shape index (κ1) is 20.4. The van der Waals surface area contributed by atoms with Gasteiger partial charge in [-0.3, -0.25) is 9.69 Å². The lowest BCUT2D eigenvalue weighted by Crippen LogP contribution is -2.42. The van der Waals surface area contributed by atoms with E-state index < -0.39 is 0 Å². The zero-order valence-corrected chi connectivity index (χ0v) is 17.6. The Kier molecular flexibility index (Phi) is 6.60. The van der Waals surface area contributed by atoms with Gasteiger partial charge in [0.15, 0.2) is 0 Å². The molecule has 1 fully saturated rings. The number of carbonyl (C=O) groups is 1. The maximum absolute atomic E-state index is 12.8. The van der Waals surface area contributed by atoms with Gasteiger partial charge < -0.3 is 9.88 Å². The van der Waals surface area contributed by atoms with Crippen LogP contribution < -0.4 is 5.32 Å². The molecule has 1 saturated heterocycles. The first-order valence-electron chi connectivity index (χ1n) is 10.8. The van der Waals surface area contributed by atoms with Crippen molar-refractivity contribution >= 4 is 5.91 Å². The minimum Gasteiger partial charge on any atom is -0.352 e. The average Bonchev–Trinajstić information content (AvgIpc) is 3.28. The van der Waals surface area contributed by atoms with Gasteiger partial charge in [-0.2, -0.15) is 0 Å². The van der Waals surface area contributed by atoms with E-state index in [1.165, 1.54) is 16.7 Å².